The standard InChI is InChI=1S/C20H28N4O3S/c1-15(2)13-22-14-20(19(21)12-16-6-4-3-5-7-16)23-28(27)18-10-8-17(9-11-18)24(25)26/h3-11,15,19-20,22-23H,12-14,21H2,1-2H3/t19-,20+,28?/m0/s1. The van der Waals surface area contributed by atoms with Crippen molar-refractivity contribution in [3.05, 3.63) is 70.3 Å². The molecule has 2 aromatic rings. The van der Waals surface area contributed by atoms with Gasteiger partial charge >= 0.3 is 0 Å². The highest BCUT2D eigenvalue weighted by molar-refractivity contribution is 7.83. The number of nitro benzene ring substituents is 1. The van der Waals surface area contributed by atoms with Crippen LogP contribution in [-0.2, 0) is 17.4 Å². The number of nitrogens with two attached hydrogens (primary N) is 1. The van der Waals surface area contributed by atoms with Crippen LogP contribution < -0.4 is 15.8 Å². The van der Waals surface area contributed by atoms with Crippen molar-refractivity contribution in [1.82, 2.24) is 10.0 Å². The van der Waals surface area contributed by atoms with Crippen LogP contribution in [0.5, 0.6) is 0 Å². The van der Waals surface area contributed by atoms with E-state index in [1.807, 2.05) is 30.3 Å². The van der Waals surface area contributed by atoms with Gasteiger partial charge in [-0.3, -0.25) is 10.1 Å². The lowest BCUT2D eigenvalue weighted by Crippen LogP contribution is -2.52. The Morgan fingerprint density at radius 3 is 2.29 bits per heavy atom. The summed E-state index contributed by atoms with van der Waals surface area (Å²) in [5, 5.41) is 14.2. The summed E-state index contributed by atoms with van der Waals surface area (Å²) in [4.78, 5) is 10.8. The quantitative estimate of drug-likeness (QED) is 0.393. The van der Waals surface area contributed by atoms with E-state index in [4.69, 9.17) is 5.73 Å². The molecule has 0 radical (unpaired) electrons. The van der Waals surface area contributed by atoms with E-state index in [1.165, 1.54) is 24.3 Å². The molecule has 1 unspecified atom stereocenters. The van der Waals surface area contributed by atoms with Crippen LogP contribution in [0.1, 0.15) is 19.4 Å². The minimum Gasteiger partial charge on any atom is -0.326 e. The molecule has 2 aromatic carbocycles. The summed E-state index contributed by atoms with van der Waals surface area (Å²) >= 11 is 0. The molecule has 0 saturated heterocycles. The maximum Gasteiger partial charge on any atom is 0.269 e. The molecule has 0 amide bonds. The number of benzene rings is 2. The zero-order valence-electron chi connectivity index (χ0n) is 16.2. The highest BCUT2D eigenvalue weighted by atomic mass is 32.2. The van der Waals surface area contributed by atoms with E-state index in [-0.39, 0.29) is 17.8 Å². The van der Waals surface area contributed by atoms with Gasteiger partial charge in [0.1, 0.15) is 11.0 Å². The van der Waals surface area contributed by atoms with Crippen molar-refractivity contribution in [3.8, 4) is 0 Å². The number of nitrogens with zero attached hydrogens (tertiary/aromatic N) is 1. The van der Waals surface area contributed by atoms with Crippen LogP contribution in [0.25, 0.3) is 0 Å². The molecule has 7 nitrogen and oxygen atoms in total. The highest BCUT2D eigenvalue weighted by Gasteiger charge is 2.21. The zero-order valence-corrected chi connectivity index (χ0v) is 17.0. The Bertz CT molecular complexity index is 769. The van der Waals surface area contributed by atoms with Crippen LogP contribution >= 0.6 is 0 Å². The van der Waals surface area contributed by atoms with Gasteiger partial charge in [0, 0.05) is 30.8 Å². The monoisotopic (exact) mass is 404 g/mol. The molecule has 0 spiro atoms. The molecule has 4 N–H and O–H groups in total. The molecule has 8 heteroatoms. The van der Waals surface area contributed by atoms with E-state index in [1.54, 1.807) is 0 Å². The van der Waals surface area contributed by atoms with Gasteiger partial charge in [0.2, 0.25) is 0 Å². The second-order valence-corrected chi connectivity index (χ2v) is 8.39. The molecule has 0 fully saturated rings. The van der Waals surface area contributed by atoms with Gasteiger partial charge in [0.15, 0.2) is 0 Å². The zero-order chi connectivity index (χ0) is 20.5. The summed E-state index contributed by atoms with van der Waals surface area (Å²) in [6.07, 6.45) is 0.652. The van der Waals surface area contributed by atoms with Crippen molar-refractivity contribution in [2.45, 2.75) is 37.2 Å². The van der Waals surface area contributed by atoms with Gasteiger partial charge in [-0.25, -0.2) is 8.93 Å². The first kappa shape index (κ1) is 22.2. The second-order valence-electron chi connectivity index (χ2n) is 7.15. The summed E-state index contributed by atoms with van der Waals surface area (Å²) in [7, 11) is -1.52. The predicted octanol–water partition coefficient (Wildman–Crippen LogP) is 2.39. The van der Waals surface area contributed by atoms with Crippen LogP contribution in [-0.4, -0.2) is 34.3 Å². The Hall–Kier alpha value is -2.13. The van der Waals surface area contributed by atoms with Gasteiger partial charge in [0.05, 0.1) is 9.82 Å². The van der Waals surface area contributed by atoms with Crippen molar-refractivity contribution >= 4 is 16.7 Å². The Morgan fingerprint density at radius 2 is 1.71 bits per heavy atom. The molecular weight excluding hydrogens is 376 g/mol. The molecule has 0 saturated carbocycles. The summed E-state index contributed by atoms with van der Waals surface area (Å²) in [6.45, 7) is 5.65. The first-order valence-electron chi connectivity index (χ1n) is 9.29. The van der Waals surface area contributed by atoms with Gasteiger partial charge in [-0.05, 0) is 36.6 Å². The van der Waals surface area contributed by atoms with Gasteiger partial charge in [-0.1, -0.05) is 44.2 Å². The lowest BCUT2D eigenvalue weighted by Gasteiger charge is -2.25. The topological polar surface area (TPSA) is 110 Å². The Labute approximate surface area is 168 Å². The molecule has 0 bridgehead atoms. The third-order valence-electron chi connectivity index (χ3n) is 4.27. The molecular formula is C20H28N4O3S. The number of nitro groups is 1. The number of nitrogens with one attached hydrogen (secondary N) is 2. The lowest BCUT2D eigenvalue weighted by atomic mass is 10.0. The smallest absolute Gasteiger partial charge is 0.269 e. The number of hydrogen-bond acceptors (Lipinski definition) is 5. The van der Waals surface area contributed by atoms with Gasteiger partial charge in [-0.2, -0.15) is 0 Å². The maximum absolute atomic E-state index is 12.7. The van der Waals surface area contributed by atoms with Crippen molar-refractivity contribution in [1.29, 1.82) is 0 Å². The minimum absolute atomic E-state index is 0.0309. The SMILES string of the molecule is CC(C)CNC[C@@H](NS(=O)c1ccc([N+](=O)[O-])cc1)[C@@H](N)Cc1ccccc1. The van der Waals surface area contributed by atoms with E-state index in [0.29, 0.717) is 23.8 Å². The number of rotatable bonds is 11. The molecule has 0 heterocycles. The molecule has 2 rings (SSSR count). The Kier molecular flexibility index (Phi) is 8.72. The molecule has 28 heavy (non-hydrogen) atoms. The van der Waals surface area contributed by atoms with E-state index in [0.717, 1.165) is 12.1 Å². The van der Waals surface area contributed by atoms with Crippen LogP contribution in [0.3, 0.4) is 0 Å². The van der Waals surface area contributed by atoms with Crippen LogP contribution in [0.15, 0.2) is 59.5 Å². The average molecular weight is 405 g/mol. The van der Waals surface area contributed by atoms with Crippen LogP contribution in [0, 0.1) is 16.0 Å². The van der Waals surface area contributed by atoms with Crippen molar-refractivity contribution in [2.24, 2.45) is 11.7 Å². The maximum atomic E-state index is 12.7. The van der Waals surface area contributed by atoms with Crippen molar-refractivity contribution in [2.75, 3.05) is 13.1 Å². The van der Waals surface area contributed by atoms with E-state index >= 15 is 0 Å². The summed E-state index contributed by atoms with van der Waals surface area (Å²) in [5.74, 6) is 0.492. The first-order chi connectivity index (χ1) is 13.4. The minimum atomic E-state index is -1.52. The largest absolute Gasteiger partial charge is 0.326 e. The van der Waals surface area contributed by atoms with E-state index < -0.39 is 15.9 Å². The fourth-order valence-corrected chi connectivity index (χ4v) is 3.79. The fourth-order valence-electron chi connectivity index (χ4n) is 2.73. The Morgan fingerprint density at radius 1 is 1.07 bits per heavy atom. The fraction of sp³-hybridized carbons (Fsp3) is 0.400. The van der Waals surface area contributed by atoms with Crippen LogP contribution in [0.4, 0.5) is 5.69 Å². The van der Waals surface area contributed by atoms with Gasteiger partial charge in [-0.15, -0.1) is 0 Å². The normalized spacial score (nSPS) is 14.6. The molecule has 0 aliphatic heterocycles. The van der Waals surface area contributed by atoms with E-state index in [9.17, 15) is 14.3 Å². The highest BCUT2D eigenvalue weighted by Crippen LogP contribution is 2.14. The average Bonchev–Trinajstić information content (AvgIpc) is 2.67. The van der Waals surface area contributed by atoms with Gasteiger partial charge in [0.25, 0.3) is 5.69 Å². The van der Waals surface area contributed by atoms with Crippen LogP contribution in [0.2, 0.25) is 0 Å². The predicted molar refractivity (Wildman–Crippen MR) is 112 cm³/mol. The second kappa shape index (κ2) is 11.0. The Balaban J connectivity index is 2.06. The number of non-ortho nitro benzene ring substituents is 1. The first-order valence-corrected chi connectivity index (χ1v) is 10.4. The summed E-state index contributed by atoms with van der Waals surface area (Å²) < 4.78 is 15.8. The molecule has 0 aromatic heterocycles. The molecule has 3 atom stereocenters. The lowest BCUT2D eigenvalue weighted by molar-refractivity contribution is -0.384. The summed E-state index contributed by atoms with van der Waals surface area (Å²) in [6, 6.07) is 15.2. The molecule has 152 valence electrons. The molecule has 0 aliphatic rings. The van der Waals surface area contributed by atoms with Crippen molar-refractivity contribution in [3.63, 3.8) is 0 Å². The van der Waals surface area contributed by atoms with Crippen molar-refractivity contribution < 1.29 is 9.13 Å². The summed E-state index contributed by atoms with van der Waals surface area (Å²) in [5.41, 5.74) is 7.52. The molecule has 0 aliphatic carbocycles. The van der Waals surface area contributed by atoms with Gasteiger partial charge < -0.3 is 11.1 Å². The van der Waals surface area contributed by atoms with E-state index in [2.05, 4.69) is 23.9 Å². The number of hydrogen-bond donors (Lipinski definition) is 3. The third kappa shape index (κ3) is 7.12. The third-order valence-corrected chi connectivity index (χ3v) is 5.49.